The van der Waals surface area contributed by atoms with Crippen LogP contribution in [0.15, 0.2) is 0 Å². The molecule has 2 rings (SSSR count). The molecule has 2 fully saturated rings. The lowest BCUT2D eigenvalue weighted by molar-refractivity contribution is -0.142. The van der Waals surface area contributed by atoms with Crippen LogP contribution in [0.25, 0.3) is 0 Å². The van der Waals surface area contributed by atoms with Gasteiger partial charge in [0, 0.05) is 24.4 Å². The molecule has 21 heavy (non-hydrogen) atoms. The Balaban J connectivity index is 2.01. The van der Waals surface area contributed by atoms with Crippen LogP contribution in [-0.4, -0.2) is 34.0 Å². The van der Waals surface area contributed by atoms with Crippen molar-refractivity contribution in [2.75, 3.05) is 0 Å². The van der Waals surface area contributed by atoms with Gasteiger partial charge in [-0.1, -0.05) is 26.7 Å². The molecular formula is C17H29NO3. The molecule has 0 saturated carbocycles. The first-order valence-electron chi connectivity index (χ1n) is 8.60. The smallest absolute Gasteiger partial charge is 0.303 e. The van der Waals surface area contributed by atoms with Crippen molar-refractivity contribution in [2.45, 2.75) is 83.7 Å². The van der Waals surface area contributed by atoms with Crippen molar-refractivity contribution < 1.29 is 14.7 Å². The molecule has 2 aliphatic rings. The molecule has 0 aromatic rings. The van der Waals surface area contributed by atoms with Crippen LogP contribution >= 0.6 is 0 Å². The van der Waals surface area contributed by atoms with Crippen LogP contribution in [0.1, 0.15) is 71.6 Å². The summed E-state index contributed by atoms with van der Waals surface area (Å²) in [7, 11) is 0. The van der Waals surface area contributed by atoms with Crippen LogP contribution in [-0.2, 0) is 9.59 Å². The molecule has 2 saturated heterocycles. The van der Waals surface area contributed by atoms with Crippen molar-refractivity contribution in [3.8, 4) is 0 Å². The number of aliphatic carboxylic acids is 1. The first kappa shape index (κ1) is 16.3. The number of hydrogen-bond acceptors (Lipinski definition) is 2. The van der Waals surface area contributed by atoms with E-state index in [1.807, 2.05) is 0 Å². The number of piperidine rings is 1. The summed E-state index contributed by atoms with van der Waals surface area (Å²) in [5.41, 5.74) is 0. The number of fused-ring (bicyclic) bond motifs is 2. The van der Waals surface area contributed by atoms with E-state index in [-0.39, 0.29) is 18.3 Å². The second-order valence-corrected chi connectivity index (χ2v) is 6.84. The van der Waals surface area contributed by atoms with Gasteiger partial charge >= 0.3 is 5.97 Å². The van der Waals surface area contributed by atoms with Gasteiger partial charge in [-0.3, -0.25) is 9.59 Å². The molecular weight excluding hydrogens is 266 g/mol. The van der Waals surface area contributed by atoms with Gasteiger partial charge in [-0.15, -0.1) is 0 Å². The summed E-state index contributed by atoms with van der Waals surface area (Å²) >= 11 is 0. The van der Waals surface area contributed by atoms with Crippen LogP contribution in [0.3, 0.4) is 0 Å². The van der Waals surface area contributed by atoms with E-state index in [2.05, 4.69) is 18.7 Å². The van der Waals surface area contributed by atoms with Gasteiger partial charge in [0.15, 0.2) is 0 Å². The molecule has 4 heteroatoms. The first-order valence-corrected chi connectivity index (χ1v) is 8.60. The fourth-order valence-corrected chi connectivity index (χ4v) is 4.36. The van der Waals surface area contributed by atoms with Crippen LogP contribution < -0.4 is 0 Å². The lowest BCUT2D eigenvalue weighted by atomic mass is 9.86. The number of nitrogens with zero attached hydrogens (tertiary/aromatic N) is 1. The maximum absolute atomic E-state index is 12.9. The SMILES string of the molecule is CCCC(CCC)C(=O)N1C2CCC1CC(CC(=O)O)C2. The van der Waals surface area contributed by atoms with Crippen LogP contribution in [0.5, 0.6) is 0 Å². The van der Waals surface area contributed by atoms with Gasteiger partial charge in [-0.25, -0.2) is 0 Å². The van der Waals surface area contributed by atoms with Crippen molar-refractivity contribution in [1.29, 1.82) is 0 Å². The molecule has 2 heterocycles. The minimum atomic E-state index is -0.700. The number of carbonyl (C=O) groups excluding carboxylic acids is 1. The van der Waals surface area contributed by atoms with E-state index in [0.29, 0.717) is 18.0 Å². The van der Waals surface area contributed by atoms with Gasteiger partial charge in [0.1, 0.15) is 0 Å². The van der Waals surface area contributed by atoms with E-state index < -0.39 is 5.97 Å². The zero-order chi connectivity index (χ0) is 15.4. The van der Waals surface area contributed by atoms with E-state index in [4.69, 9.17) is 5.11 Å². The van der Waals surface area contributed by atoms with E-state index >= 15 is 0 Å². The first-order chi connectivity index (χ1) is 10.1. The molecule has 1 N–H and O–H groups in total. The topological polar surface area (TPSA) is 57.6 Å². The third-order valence-electron chi connectivity index (χ3n) is 5.17. The summed E-state index contributed by atoms with van der Waals surface area (Å²) in [6, 6.07) is 0.605. The standard InChI is InChI=1S/C17H29NO3/c1-3-5-13(6-4-2)17(21)18-14-7-8-15(18)10-12(9-14)11-16(19)20/h12-15H,3-11H2,1-2H3,(H,19,20). The van der Waals surface area contributed by atoms with Crippen molar-refractivity contribution in [1.82, 2.24) is 4.90 Å². The maximum atomic E-state index is 12.9. The third-order valence-corrected chi connectivity index (χ3v) is 5.17. The molecule has 0 aromatic heterocycles. The summed E-state index contributed by atoms with van der Waals surface area (Å²) in [6.07, 6.45) is 8.27. The van der Waals surface area contributed by atoms with E-state index in [9.17, 15) is 9.59 Å². The average molecular weight is 295 g/mol. The van der Waals surface area contributed by atoms with E-state index in [1.165, 1.54) is 0 Å². The summed E-state index contributed by atoms with van der Waals surface area (Å²) in [6.45, 7) is 4.29. The van der Waals surface area contributed by atoms with Crippen molar-refractivity contribution in [2.24, 2.45) is 11.8 Å². The molecule has 2 unspecified atom stereocenters. The van der Waals surface area contributed by atoms with Crippen molar-refractivity contribution >= 4 is 11.9 Å². The molecule has 0 aromatic carbocycles. The Labute approximate surface area is 127 Å². The lowest BCUT2D eigenvalue weighted by Crippen LogP contribution is -2.49. The molecule has 2 bridgehead atoms. The molecule has 2 atom stereocenters. The predicted octanol–water partition coefficient (Wildman–Crippen LogP) is 3.45. The zero-order valence-electron chi connectivity index (χ0n) is 13.4. The Morgan fingerprint density at radius 1 is 1.10 bits per heavy atom. The van der Waals surface area contributed by atoms with Crippen molar-refractivity contribution in [3.63, 3.8) is 0 Å². The summed E-state index contributed by atoms with van der Waals surface area (Å²) < 4.78 is 0. The summed E-state index contributed by atoms with van der Waals surface area (Å²) in [5, 5.41) is 8.98. The number of carboxylic acids is 1. The van der Waals surface area contributed by atoms with Crippen LogP contribution in [0, 0.1) is 11.8 Å². The minimum absolute atomic E-state index is 0.180. The molecule has 4 nitrogen and oxygen atoms in total. The highest BCUT2D eigenvalue weighted by Crippen LogP contribution is 2.41. The Hall–Kier alpha value is -1.06. The van der Waals surface area contributed by atoms with Gasteiger partial charge in [0.25, 0.3) is 0 Å². The lowest BCUT2D eigenvalue weighted by Gasteiger charge is -2.40. The second-order valence-electron chi connectivity index (χ2n) is 6.84. The third kappa shape index (κ3) is 3.78. The van der Waals surface area contributed by atoms with Crippen LogP contribution in [0.4, 0.5) is 0 Å². The Morgan fingerprint density at radius 3 is 2.05 bits per heavy atom. The highest BCUT2D eigenvalue weighted by molar-refractivity contribution is 5.80. The van der Waals surface area contributed by atoms with Gasteiger partial charge in [0.05, 0.1) is 0 Å². The Bertz CT molecular complexity index is 362. The number of amides is 1. The Morgan fingerprint density at radius 2 is 1.62 bits per heavy atom. The molecule has 2 aliphatic heterocycles. The van der Waals surface area contributed by atoms with E-state index in [0.717, 1.165) is 51.4 Å². The summed E-state index contributed by atoms with van der Waals surface area (Å²) in [4.78, 5) is 25.9. The van der Waals surface area contributed by atoms with Gasteiger partial charge in [0.2, 0.25) is 5.91 Å². The maximum Gasteiger partial charge on any atom is 0.303 e. The van der Waals surface area contributed by atoms with Gasteiger partial charge in [-0.2, -0.15) is 0 Å². The highest BCUT2D eigenvalue weighted by atomic mass is 16.4. The highest BCUT2D eigenvalue weighted by Gasteiger charge is 2.44. The fraction of sp³-hybridized carbons (Fsp3) is 0.882. The number of carbonyl (C=O) groups is 2. The largest absolute Gasteiger partial charge is 0.481 e. The second kappa shape index (κ2) is 7.28. The van der Waals surface area contributed by atoms with Gasteiger partial charge < -0.3 is 10.0 Å². The molecule has 0 radical (unpaired) electrons. The summed E-state index contributed by atoms with van der Waals surface area (Å²) in [5.74, 6) is 0.0907. The minimum Gasteiger partial charge on any atom is -0.481 e. The van der Waals surface area contributed by atoms with Crippen molar-refractivity contribution in [3.05, 3.63) is 0 Å². The van der Waals surface area contributed by atoms with E-state index in [1.54, 1.807) is 0 Å². The molecule has 0 spiro atoms. The Kier molecular flexibility index (Phi) is 5.65. The number of rotatable bonds is 7. The predicted molar refractivity (Wildman–Crippen MR) is 81.9 cm³/mol. The van der Waals surface area contributed by atoms with Gasteiger partial charge in [-0.05, 0) is 44.4 Å². The molecule has 1 amide bonds. The number of carboxylic acid groups (broad SMARTS) is 1. The molecule has 120 valence electrons. The number of hydrogen-bond donors (Lipinski definition) is 1. The fourth-order valence-electron chi connectivity index (χ4n) is 4.36. The van der Waals surface area contributed by atoms with Crippen LogP contribution in [0.2, 0.25) is 0 Å². The quantitative estimate of drug-likeness (QED) is 0.782. The monoisotopic (exact) mass is 295 g/mol. The average Bonchev–Trinajstić information content (AvgIpc) is 2.69. The normalized spacial score (nSPS) is 28.1. The zero-order valence-corrected chi connectivity index (χ0v) is 13.4. The molecule has 0 aliphatic carbocycles.